The van der Waals surface area contributed by atoms with E-state index in [9.17, 15) is 14.9 Å². The maximum Gasteiger partial charge on any atom is 0.410 e. The van der Waals surface area contributed by atoms with E-state index in [2.05, 4.69) is 20.4 Å². The number of likely N-dealkylation sites (N-methyl/N-ethyl adjacent to an activating group) is 1. The molecule has 2 aromatic rings. The number of tetrazole rings is 1. The van der Waals surface area contributed by atoms with E-state index in [0.717, 1.165) is 6.42 Å². The number of hydrogen-bond donors (Lipinski definition) is 0. The number of nitro benzene ring substituents is 1. The van der Waals surface area contributed by atoms with Crippen molar-refractivity contribution in [2.24, 2.45) is 0 Å². The van der Waals surface area contributed by atoms with Gasteiger partial charge in [-0.2, -0.15) is 4.68 Å². The van der Waals surface area contributed by atoms with Crippen molar-refractivity contribution >= 4 is 11.8 Å². The Morgan fingerprint density at radius 2 is 2.17 bits per heavy atom. The summed E-state index contributed by atoms with van der Waals surface area (Å²) in [4.78, 5) is 26.6. The van der Waals surface area contributed by atoms with Crippen LogP contribution in [0.1, 0.15) is 33.0 Å². The third kappa shape index (κ3) is 5.05. The number of hydrogen-bond acceptors (Lipinski definition) is 8. The minimum absolute atomic E-state index is 0.0268. The molecule has 0 aliphatic carbocycles. The number of benzene rings is 1. The molecule has 1 aromatic heterocycles. The molecule has 0 bridgehead atoms. The van der Waals surface area contributed by atoms with E-state index in [-0.39, 0.29) is 17.8 Å². The molecule has 1 aliphatic rings. The van der Waals surface area contributed by atoms with Crippen LogP contribution < -0.4 is 0 Å². The molecule has 0 radical (unpaired) electrons. The molecule has 3 rings (SSSR count). The van der Waals surface area contributed by atoms with Crippen molar-refractivity contribution in [3.63, 3.8) is 0 Å². The average Bonchev–Trinajstić information content (AvgIpc) is 3.30. The van der Waals surface area contributed by atoms with Gasteiger partial charge in [0.05, 0.1) is 17.2 Å². The third-order valence-corrected chi connectivity index (χ3v) is 4.65. The molecule has 11 nitrogen and oxygen atoms in total. The van der Waals surface area contributed by atoms with Crippen LogP contribution in [0.15, 0.2) is 24.3 Å². The maximum absolute atomic E-state index is 12.3. The quantitative estimate of drug-likeness (QED) is 0.549. The molecular weight excluding hydrogens is 378 g/mol. The van der Waals surface area contributed by atoms with Crippen LogP contribution >= 0.6 is 0 Å². The molecule has 1 aliphatic heterocycles. The van der Waals surface area contributed by atoms with Crippen LogP contribution in [0.5, 0.6) is 0 Å². The zero-order chi connectivity index (χ0) is 21.2. The van der Waals surface area contributed by atoms with Gasteiger partial charge < -0.3 is 9.64 Å². The fourth-order valence-electron chi connectivity index (χ4n) is 3.19. The SMILES string of the molecule is CN(Cc1nnnn1-c1cccc([N+](=O)[O-])c1)C1CCN(C(=O)OC(C)(C)C)C1. The van der Waals surface area contributed by atoms with Crippen molar-refractivity contribution in [2.45, 2.75) is 45.4 Å². The van der Waals surface area contributed by atoms with Gasteiger partial charge >= 0.3 is 6.09 Å². The van der Waals surface area contributed by atoms with Crippen LogP contribution in [0.2, 0.25) is 0 Å². The highest BCUT2D eigenvalue weighted by Gasteiger charge is 2.32. The Bertz CT molecular complexity index is 892. The first-order valence-corrected chi connectivity index (χ1v) is 9.34. The van der Waals surface area contributed by atoms with Gasteiger partial charge in [0.15, 0.2) is 5.82 Å². The highest BCUT2D eigenvalue weighted by molar-refractivity contribution is 5.68. The van der Waals surface area contributed by atoms with Crippen LogP contribution in [-0.2, 0) is 11.3 Å². The van der Waals surface area contributed by atoms with Gasteiger partial charge in [-0.3, -0.25) is 15.0 Å². The maximum atomic E-state index is 12.3. The first-order valence-electron chi connectivity index (χ1n) is 9.34. The van der Waals surface area contributed by atoms with Crippen molar-refractivity contribution in [3.05, 3.63) is 40.2 Å². The molecule has 1 saturated heterocycles. The Labute approximate surface area is 168 Å². The number of likely N-dealkylation sites (tertiary alicyclic amines) is 1. The second-order valence-electron chi connectivity index (χ2n) is 8.07. The Morgan fingerprint density at radius 1 is 1.41 bits per heavy atom. The zero-order valence-corrected chi connectivity index (χ0v) is 17.0. The number of rotatable bonds is 5. The van der Waals surface area contributed by atoms with Crippen molar-refractivity contribution in [3.8, 4) is 5.69 Å². The standard InChI is InChI=1S/C18H25N7O4/c1-18(2,3)29-17(26)23-9-8-15(11-23)22(4)12-16-19-20-21-24(16)13-6-5-7-14(10-13)25(27)28/h5-7,10,15H,8-9,11-12H2,1-4H3. The van der Waals surface area contributed by atoms with E-state index in [1.165, 1.54) is 16.8 Å². The Hall–Kier alpha value is -3.08. The molecule has 1 atom stereocenters. The number of amides is 1. The highest BCUT2D eigenvalue weighted by Crippen LogP contribution is 2.21. The summed E-state index contributed by atoms with van der Waals surface area (Å²) in [5, 5.41) is 22.8. The molecule has 1 fully saturated rings. The normalized spacial score (nSPS) is 17.0. The number of carbonyl (C=O) groups is 1. The molecule has 2 heterocycles. The summed E-state index contributed by atoms with van der Waals surface area (Å²) in [6.07, 6.45) is 0.503. The molecule has 1 aromatic carbocycles. The molecule has 156 valence electrons. The van der Waals surface area contributed by atoms with E-state index in [1.54, 1.807) is 17.0 Å². The van der Waals surface area contributed by atoms with Gasteiger partial charge in [-0.25, -0.2) is 4.79 Å². The molecule has 1 unspecified atom stereocenters. The van der Waals surface area contributed by atoms with Crippen LogP contribution in [0, 0.1) is 10.1 Å². The second kappa shape index (κ2) is 8.11. The van der Waals surface area contributed by atoms with Gasteiger partial charge in [0.2, 0.25) is 0 Å². The predicted molar refractivity (Wildman–Crippen MR) is 103 cm³/mol. The van der Waals surface area contributed by atoms with Gasteiger partial charge in [0, 0.05) is 31.3 Å². The smallest absolute Gasteiger partial charge is 0.410 e. The van der Waals surface area contributed by atoms with Crippen LogP contribution in [0.25, 0.3) is 5.69 Å². The van der Waals surface area contributed by atoms with Gasteiger partial charge in [-0.15, -0.1) is 5.10 Å². The average molecular weight is 403 g/mol. The topological polar surface area (TPSA) is 120 Å². The monoisotopic (exact) mass is 403 g/mol. The van der Waals surface area contributed by atoms with Crippen LogP contribution in [-0.4, -0.2) is 72.8 Å². The summed E-state index contributed by atoms with van der Waals surface area (Å²) in [6.45, 7) is 7.15. The first kappa shape index (κ1) is 20.6. The molecule has 1 amide bonds. The Kier molecular flexibility index (Phi) is 5.78. The van der Waals surface area contributed by atoms with Gasteiger partial charge in [0.1, 0.15) is 5.60 Å². The van der Waals surface area contributed by atoms with E-state index in [4.69, 9.17) is 4.74 Å². The van der Waals surface area contributed by atoms with Gasteiger partial charge in [-0.1, -0.05) is 6.07 Å². The first-order chi connectivity index (χ1) is 13.6. The fraction of sp³-hybridized carbons (Fsp3) is 0.556. The predicted octanol–water partition coefficient (Wildman–Crippen LogP) is 2.01. The van der Waals surface area contributed by atoms with Crippen LogP contribution in [0.3, 0.4) is 0 Å². The van der Waals surface area contributed by atoms with Crippen molar-refractivity contribution in [2.75, 3.05) is 20.1 Å². The van der Waals surface area contributed by atoms with E-state index < -0.39 is 10.5 Å². The molecule has 0 N–H and O–H groups in total. The molecule has 11 heteroatoms. The Balaban J connectivity index is 1.66. The Morgan fingerprint density at radius 3 is 2.86 bits per heavy atom. The number of aromatic nitrogens is 4. The number of ether oxygens (including phenoxy) is 1. The lowest BCUT2D eigenvalue weighted by molar-refractivity contribution is -0.384. The summed E-state index contributed by atoms with van der Waals surface area (Å²) in [6, 6.07) is 6.30. The lowest BCUT2D eigenvalue weighted by Gasteiger charge is -2.26. The van der Waals surface area contributed by atoms with Gasteiger partial charge in [-0.05, 0) is 50.7 Å². The lowest BCUT2D eigenvalue weighted by Crippen LogP contribution is -2.39. The number of non-ortho nitro benzene ring substituents is 1. The van der Waals surface area contributed by atoms with E-state index in [1.807, 2.05) is 27.8 Å². The summed E-state index contributed by atoms with van der Waals surface area (Å²) in [7, 11) is 1.94. The minimum Gasteiger partial charge on any atom is -0.444 e. The second-order valence-corrected chi connectivity index (χ2v) is 8.07. The summed E-state index contributed by atoms with van der Waals surface area (Å²) in [5.74, 6) is 0.559. The van der Waals surface area contributed by atoms with Crippen LogP contribution in [0.4, 0.5) is 10.5 Å². The van der Waals surface area contributed by atoms with Crippen molar-refractivity contribution < 1.29 is 14.5 Å². The lowest BCUT2D eigenvalue weighted by atomic mass is 10.2. The fourth-order valence-corrected chi connectivity index (χ4v) is 3.19. The van der Waals surface area contributed by atoms with E-state index in [0.29, 0.717) is 31.1 Å². The number of nitrogens with zero attached hydrogens (tertiary/aromatic N) is 7. The summed E-state index contributed by atoms with van der Waals surface area (Å²) in [5.41, 5.74) is -0.0305. The van der Waals surface area contributed by atoms with E-state index >= 15 is 0 Å². The summed E-state index contributed by atoms with van der Waals surface area (Å²) >= 11 is 0. The minimum atomic E-state index is -0.526. The highest BCUT2D eigenvalue weighted by atomic mass is 16.6. The summed E-state index contributed by atoms with van der Waals surface area (Å²) < 4.78 is 6.93. The molecule has 29 heavy (non-hydrogen) atoms. The number of carbonyl (C=O) groups excluding carboxylic acids is 1. The zero-order valence-electron chi connectivity index (χ0n) is 17.0. The molecular formula is C18H25N7O4. The molecule has 0 spiro atoms. The van der Waals surface area contributed by atoms with Gasteiger partial charge in [0.25, 0.3) is 5.69 Å². The number of nitro groups is 1. The third-order valence-electron chi connectivity index (χ3n) is 4.65. The van der Waals surface area contributed by atoms with Crippen molar-refractivity contribution in [1.29, 1.82) is 0 Å². The molecule has 0 saturated carbocycles. The van der Waals surface area contributed by atoms with Crippen molar-refractivity contribution in [1.82, 2.24) is 30.0 Å². The largest absolute Gasteiger partial charge is 0.444 e.